The standard InChI is InChI=1S/C17H20N2O2/c20-17(13-9-11-8-12(11)10-13)19-7-3-5-15(18-21)14-4-1-2-6-16(14)19/h1-2,4,6,11-13,21H,3,5,7-10H2/b18-15-. The number of oxime groups is 1. The van der Waals surface area contributed by atoms with Crippen molar-refractivity contribution in [2.75, 3.05) is 11.4 Å². The topological polar surface area (TPSA) is 52.9 Å². The van der Waals surface area contributed by atoms with Gasteiger partial charge in [0.2, 0.25) is 5.91 Å². The monoisotopic (exact) mass is 284 g/mol. The molecule has 1 heterocycles. The molecule has 0 saturated heterocycles. The molecule has 2 aliphatic carbocycles. The summed E-state index contributed by atoms with van der Waals surface area (Å²) in [5.74, 6) is 2.11. The molecule has 3 aliphatic rings. The summed E-state index contributed by atoms with van der Waals surface area (Å²) in [7, 11) is 0. The van der Waals surface area contributed by atoms with E-state index in [1.165, 1.54) is 6.42 Å². The van der Waals surface area contributed by atoms with Gasteiger partial charge in [0, 0.05) is 18.0 Å². The predicted molar refractivity (Wildman–Crippen MR) is 80.7 cm³/mol. The van der Waals surface area contributed by atoms with Crippen molar-refractivity contribution < 1.29 is 10.0 Å². The van der Waals surface area contributed by atoms with Gasteiger partial charge in [-0.2, -0.15) is 0 Å². The van der Waals surface area contributed by atoms with Crippen LogP contribution in [0.4, 0.5) is 5.69 Å². The highest BCUT2D eigenvalue weighted by Gasteiger charge is 2.49. The van der Waals surface area contributed by atoms with Crippen LogP contribution in [0.3, 0.4) is 0 Å². The molecule has 1 aromatic rings. The van der Waals surface area contributed by atoms with E-state index in [4.69, 9.17) is 0 Å². The fraction of sp³-hybridized carbons (Fsp3) is 0.529. The van der Waals surface area contributed by atoms with E-state index in [-0.39, 0.29) is 11.8 Å². The van der Waals surface area contributed by atoms with E-state index in [1.54, 1.807) is 0 Å². The Hall–Kier alpha value is -1.84. The van der Waals surface area contributed by atoms with E-state index in [1.807, 2.05) is 29.2 Å². The van der Waals surface area contributed by atoms with Crippen molar-refractivity contribution in [2.45, 2.75) is 32.1 Å². The lowest BCUT2D eigenvalue weighted by Gasteiger charge is -2.26. The Balaban J connectivity index is 1.66. The second-order valence-corrected chi connectivity index (χ2v) is 6.58. The zero-order chi connectivity index (χ0) is 14.4. The van der Waals surface area contributed by atoms with Crippen LogP contribution in [0.5, 0.6) is 0 Å². The summed E-state index contributed by atoms with van der Waals surface area (Å²) < 4.78 is 0. The van der Waals surface area contributed by atoms with Gasteiger partial charge in [-0.15, -0.1) is 0 Å². The van der Waals surface area contributed by atoms with Gasteiger partial charge in [0.1, 0.15) is 0 Å². The lowest BCUT2D eigenvalue weighted by atomic mass is 10.0. The smallest absolute Gasteiger partial charge is 0.230 e. The molecule has 2 saturated carbocycles. The number of para-hydroxylation sites is 1. The largest absolute Gasteiger partial charge is 0.411 e. The van der Waals surface area contributed by atoms with Gasteiger partial charge in [-0.3, -0.25) is 4.79 Å². The minimum Gasteiger partial charge on any atom is -0.411 e. The number of carbonyl (C=O) groups excluding carboxylic acids is 1. The summed E-state index contributed by atoms with van der Waals surface area (Å²) in [6.45, 7) is 0.723. The first-order valence-electron chi connectivity index (χ1n) is 7.89. The summed E-state index contributed by atoms with van der Waals surface area (Å²) in [5.41, 5.74) is 2.50. The lowest BCUT2D eigenvalue weighted by molar-refractivity contribution is -0.122. The molecule has 21 heavy (non-hydrogen) atoms. The summed E-state index contributed by atoms with van der Waals surface area (Å²) >= 11 is 0. The maximum absolute atomic E-state index is 12.9. The molecule has 2 unspecified atom stereocenters. The van der Waals surface area contributed by atoms with Crippen LogP contribution >= 0.6 is 0 Å². The van der Waals surface area contributed by atoms with Gasteiger partial charge in [0.25, 0.3) is 0 Å². The van der Waals surface area contributed by atoms with E-state index in [9.17, 15) is 10.0 Å². The van der Waals surface area contributed by atoms with Gasteiger partial charge in [-0.1, -0.05) is 23.4 Å². The number of nitrogens with zero attached hydrogens (tertiary/aromatic N) is 2. The molecule has 110 valence electrons. The average Bonchev–Trinajstić information content (AvgIpc) is 3.18. The number of rotatable bonds is 1. The van der Waals surface area contributed by atoms with E-state index in [0.29, 0.717) is 12.1 Å². The Morgan fingerprint density at radius 3 is 2.71 bits per heavy atom. The van der Waals surface area contributed by atoms with Crippen LogP contribution in [-0.4, -0.2) is 23.4 Å². The molecule has 1 aromatic carbocycles. The van der Waals surface area contributed by atoms with Gasteiger partial charge in [0.15, 0.2) is 0 Å². The zero-order valence-electron chi connectivity index (χ0n) is 12.0. The molecule has 4 rings (SSSR count). The summed E-state index contributed by atoms with van der Waals surface area (Å²) in [6.07, 6.45) is 5.04. The Kier molecular flexibility index (Phi) is 2.98. The van der Waals surface area contributed by atoms with Crippen molar-refractivity contribution >= 4 is 17.3 Å². The first-order valence-corrected chi connectivity index (χ1v) is 7.89. The van der Waals surface area contributed by atoms with Crippen LogP contribution in [0.1, 0.15) is 37.7 Å². The molecule has 1 N–H and O–H groups in total. The molecule has 2 atom stereocenters. The molecule has 0 radical (unpaired) electrons. The number of benzene rings is 1. The van der Waals surface area contributed by atoms with Gasteiger partial charge in [-0.05, 0) is 50.0 Å². The third kappa shape index (κ3) is 2.13. The lowest BCUT2D eigenvalue weighted by Crippen LogP contribution is -2.36. The quantitative estimate of drug-likeness (QED) is 0.636. The third-order valence-electron chi connectivity index (χ3n) is 5.28. The highest BCUT2D eigenvalue weighted by molar-refractivity contribution is 6.09. The number of hydrogen-bond acceptors (Lipinski definition) is 3. The maximum Gasteiger partial charge on any atom is 0.230 e. The molecule has 0 aromatic heterocycles. The van der Waals surface area contributed by atoms with Crippen LogP contribution in [0.25, 0.3) is 0 Å². The van der Waals surface area contributed by atoms with Crippen LogP contribution in [0, 0.1) is 17.8 Å². The van der Waals surface area contributed by atoms with Crippen molar-refractivity contribution in [3.05, 3.63) is 29.8 Å². The minimum atomic E-state index is 0.203. The van der Waals surface area contributed by atoms with Crippen molar-refractivity contribution in [1.29, 1.82) is 0 Å². The summed E-state index contributed by atoms with van der Waals surface area (Å²) in [4.78, 5) is 14.8. The predicted octanol–water partition coefficient (Wildman–Crippen LogP) is 3.04. The molecule has 4 heteroatoms. The van der Waals surface area contributed by atoms with Gasteiger partial charge in [0.05, 0.1) is 11.4 Å². The Morgan fingerprint density at radius 1 is 1.19 bits per heavy atom. The van der Waals surface area contributed by atoms with E-state index >= 15 is 0 Å². The molecule has 0 bridgehead atoms. The van der Waals surface area contributed by atoms with Crippen LogP contribution < -0.4 is 4.90 Å². The SMILES string of the molecule is O=C(C1CC2CC2C1)N1CCC/C(=N/O)c2ccccc21. The van der Waals surface area contributed by atoms with Gasteiger partial charge in [-0.25, -0.2) is 0 Å². The van der Waals surface area contributed by atoms with E-state index in [0.717, 1.165) is 48.9 Å². The first kappa shape index (κ1) is 12.9. The minimum absolute atomic E-state index is 0.203. The number of fused-ring (bicyclic) bond motifs is 2. The van der Waals surface area contributed by atoms with Crippen LogP contribution in [0.15, 0.2) is 29.4 Å². The van der Waals surface area contributed by atoms with E-state index in [2.05, 4.69) is 5.16 Å². The summed E-state index contributed by atoms with van der Waals surface area (Å²) in [6, 6.07) is 7.80. The normalized spacial score (nSPS) is 32.5. The van der Waals surface area contributed by atoms with Gasteiger partial charge < -0.3 is 10.1 Å². The number of anilines is 1. The van der Waals surface area contributed by atoms with Crippen molar-refractivity contribution in [3.63, 3.8) is 0 Å². The first-order chi connectivity index (χ1) is 10.3. The Labute approximate surface area is 124 Å². The average molecular weight is 284 g/mol. The zero-order valence-corrected chi connectivity index (χ0v) is 12.0. The molecule has 1 aliphatic heterocycles. The van der Waals surface area contributed by atoms with Crippen LogP contribution in [0.2, 0.25) is 0 Å². The fourth-order valence-electron chi connectivity index (χ4n) is 4.08. The second-order valence-electron chi connectivity index (χ2n) is 6.58. The van der Waals surface area contributed by atoms with E-state index < -0.39 is 0 Å². The molecular weight excluding hydrogens is 264 g/mol. The third-order valence-corrected chi connectivity index (χ3v) is 5.28. The number of carbonyl (C=O) groups is 1. The van der Waals surface area contributed by atoms with Crippen molar-refractivity contribution in [2.24, 2.45) is 22.9 Å². The van der Waals surface area contributed by atoms with Crippen molar-refractivity contribution in [3.8, 4) is 0 Å². The molecular formula is C17H20N2O2. The highest BCUT2D eigenvalue weighted by atomic mass is 16.4. The second kappa shape index (κ2) is 4.86. The van der Waals surface area contributed by atoms with Gasteiger partial charge >= 0.3 is 0 Å². The Morgan fingerprint density at radius 2 is 1.95 bits per heavy atom. The molecule has 2 fully saturated rings. The summed E-state index contributed by atoms with van der Waals surface area (Å²) in [5, 5.41) is 12.7. The number of amides is 1. The highest BCUT2D eigenvalue weighted by Crippen LogP contribution is 2.54. The molecule has 1 amide bonds. The molecule has 4 nitrogen and oxygen atoms in total. The Bertz CT molecular complexity index is 601. The molecule has 0 spiro atoms. The number of hydrogen-bond donors (Lipinski definition) is 1. The maximum atomic E-state index is 12.9. The van der Waals surface area contributed by atoms with Crippen molar-refractivity contribution in [1.82, 2.24) is 0 Å². The van der Waals surface area contributed by atoms with Crippen LogP contribution in [-0.2, 0) is 4.79 Å². The fourth-order valence-corrected chi connectivity index (χ4v) is 4.08.